The molecule has 1 aliphatic heterocycles. The van der Waals surface area contributed by atoms with Gasteiger partial charge in [-0.05, 0) is 37.1 Å². The Bertz CT molecular complexity index is 962. The molecule has 1 amide bonds. The number of hydrogen-bond donors (Lipinski definition) is 1. The maximum absolute atomic E-state index is 13.9. The summed E-state index contributed by atoms with van der Waals surface area (Å²) in [6.07, 6.45) is 0.936. The summed E-state index contributed by atoms with van der Waals surface area (Å²) >= 11 is 1.19. The molecule has 1 aromatic heterocycles. The first-order valence-electron chi connectivity index (χ1n) is 8.78. The lowest BCUT2D eigenvalue weighted by Gasteiger charge is -2.18. The molecule has 0 saturated heterocycles. The Balaban J connectivity index is 1.71. The Hall–Kier alpha value is -1.93. The van der Waals surface area contributed by atoms with Gasteiger partial charge in [0.2, 0.25) is 5.91 Å². The molecular formula is C19H23FN2O3S2. The molecule has 0 saturated carbocycles. The highest BCUT2D eigenvalue weighted by Crippen LogP contribution is 2.36. The summed E-state index contributed by atoms with van der Waals surface area (Å²) < 4.78 is 41.4. The molecule has 2 aromatic rings. The van der Waals surface area contributed by atoms with Crippen molar-refractivity contribution in [3.05, 3.63) is 46.6 Å². The van der Waals surface area contributed by atoms with Gasteiger partial charge in [0.1, 0.15) is 10.0 Å². The first kappa shape index (κ1) is 19.8. The number of halogens is 1. The van der Waals surface area contributed by atoms with E-state index >= 15 is 0 Å². The Morgan fingerprint density at radius 1 is 1.26 bits per heavy atom. The zero-order valence-corrected chi connectivity index (χ0v) is 17.2. The number of hydrogen-bond acceptors (Lipinski definition) is 4. The summed E-state index contributed by atoms with van der Waals surface area (Å²) in [4.78, 5) is 12.8. The first-order chi connectivity index (χ1) is 12.6. The molecule has 2 heterocycles. The number of sulfonamides is 1. The van der Waals surface area contributed by atoms with Crippen LogP contribution in [0.3, 0.4) is 0 Å². The Morgan fingerprint density at radius 2 is 2.00 bits per heavy atom. The molecule has 1 aliphatic rings. The Morgan fingerprint density at radius 3 is 2.70 bits per heavy atom. The molecule has 0 fully saturated rings. The van der Waals surface area contributed by atoms with Crippen LogP contribution in [0, 0.1) is 11.2 Å². The second-order valence-electron chi connectivity index (χ2n) is 7.54. The summed E-state index contributed by atoms with van der Waals surface area (Å²) in [6, 6.07) is 7.87. The number of carbonyl (C=O) groups is 1. The highest BCUT2D eigenvalue weighted by Gasteiger charge is 2.33. The lowest BCUT2D eigenvalue weighted by Crippen LogP contribution is -2.35. The maximum atomic E-state index is 13.9. The smallest absolute Gasteiger partial charge is 0.273 e. The third-order valence-corrected chi connectivity index (χ3v) is 7.87. The van der Waals surface area contributed by atoms with Crippen molar-refractivity contribution in [1.82, 2.24) is 5.32 Å². The Kier molecular flexibility index (Phi) is 5.31. The topological polar surface area (TPSA) is 66.5 Å². The van der Waals surface area contributed by atoms with E-state index in [1.807, 2.05) is 20.8 Å². The fourth-order valence-electron chi connectivity index (χ4n) is 2.92. The minimum absolute atomic E-state index is 0.0393. The van der Waals surface area contributed by atoms with Gasteiger partial charge in [-0.25, -0.2) is 12.8 Å². The molecule has 0 radical (unpaired) electrons. The zero-order valence-electron chi connectivity index (χ0n) is 15.6. The molecule has 0 bridgehead atoms. The number of nitrogens with one attached hydrogen (secondary N) is 1. The van der Waals surface area contributed by atoms with Crippen LogP contribution in [0.25, 0.3) is 0 Å². The minimum atomic E-state index is -3.71. The van der Waals surface area contributed by atoms with Crippen LogP contribution in [0.4, 0.5) is 10.1 Å². The highest BCUT2D eigenvalue weighted by atomic mass is 32.2. The van der Waals surface area contributed by atoms with E-state index in [0.29, 0.717) is 30.6 Å². The van der Waals surface area contributed by atoms with Gasteiger partial charge in [-0.3, -0.25) is 9.10 Å². The van der Waals surface area contributed by atoms with Gasteiger partial charge in [0.05, 0.1) is 5.69 Å². The van der Waals surface area contributed by atoms with Crippen molar-refractivity contribution in [2.75, 3.05) is 17.4 Å². The molecule has 27 heavy (non-hydrogen) atoms. The van der Waals surface area contributed by atoms with Crippen molar-refractivity contribution in [3.8, 4) is 0 Å². The molecule has 1 N–H and O–H groups in total. The van der Waals surface area contributed by atoms with Crippen molar-refractivity contribution in [1.29, 1.82) is 0 Å². The van der Waals surface area contributed by atoms with Crippen molar-refractivity contribution in [2.24, 2.45) is 5.41 Å². The van der Waals surface area contributed by atoms with E-state index in [1.54, 1.807) is 18.2 Å². The number of amides is 1. The van der Waals surface area contributed by atoms with Gasteiger partial charge in [-0.15, -0.1) is 11.3 Å². The summed E-state index contributed by atoms with van der Waals surface area (Å²) in [6.45, 7) is 6.22. The van der Waals surface area contributed by atoms with Crippen LogP contribution in [-0.4, -0.2) is 27.4 Å². The van der Waals surface area contributed by atoms with Gasteiger partial charge in [-0.2, -0.15) is 0 Å². The maximum Gasteiger partial charge on any atom is 0.273 e. The van der Waals surface area contributed by atoms with Crippen LogP contribution >= 0.6 is 11.3 Å². The minimum Gasteiger partial charge on any atom is -0.355 e. The highest BCUT2D eigenvalue weighted by molar-refractivity contribution is 7.94. The SMILES string of the molecule is CC(C)(C)C(=O)NCCc1ccc(S(=O)(=O)N2CCc3c(F)cccc32)s1. The predicted octanol–water partition coefficient (Wildman–Crippen LogP) is 3.34. The fourth-order valence-corrected chi connectivity index (χ4v) is 5.88. The molecule has 8 heteroatoms. The van der Waals surface area contributed by atoms with E-state index in [-0.39, 0.29) is 22.5 Å². The van der Waals surface area contributed by atoms with E-state index in [1.165, 1.54) is 27.8 Å². The standard InChI is InChI=1S/C19H23FN2O3S2/c1-19(2,3)18(23)21-11-9-13-7-8-17(26-13)27(24,25)22-12-10-14-15(20)5-4-6-16(14)22/h4-8H,9-12H2,1-3H3,(H,21,23). The second-order valence-corrected chi connectivity index (χ2v) is 10.8. The molecule has 0 spiro atoms. The van der Waals surface area contributed by atoms with Gasteiger partial charge >= 0.3 is 0 Å². The first-order valence-corrected chi connectivity index (χ1v) is 11.0. The fraction of sp³-hybridized carbons (Fsp3) is 0.421. The van der Waals surface area contributed by atoms with Crippen LogP contribution in [0.2, 0.25) is 0 Å². The summed E-state index contributed by atoms with van der Waals surface area (Å²) in [5, 5.41) is 2.86. The molecule has 3 rings (SSSR count). The number of thiophene rings is 1. The van der Waals surface area contributed by atoms with E-state index < -0.39 is 15.4 Å². The quantitative estimate of drug-likeness (QED) is 0.822. The molecule has 0 aliphatic carbocycles. The van der Waals surface area contributed by atoms with Crippen molar-refractivity contribution >= 4 is 33.0 Å². The van der Waals surface area contributed by atoms with Crippen LogP contribution in [0.5, 0.6) is 0 Å². The van der Waals surface area contributed by atoms with Crippen LogP contribution < -0.4 is 9.62 Å². The molecule has 146 valence electrons. The predicted molar refractivity (Wildman–Crippen MR) is 105 cm³/mol. The lowest BCUT2D eigenvalue weighted by atomic mass is 9.96. The number of fused-ring (bicyclic) bond motifs is 1. The number of benzene rings is 1. The van der Waals surface area contributed by atoms with Gasteiger partial charge < -0.3 is 5.32 Å². The zero-order chi connectivity index (χ0) is 19.8. The van der Waals surface area contributed by atoms with E-state index in [9.17, 15) is 17.6 Å². The number of nitrogens with zero attached hydrogens (tertiary/aromatic N) is 1. The van der Waals surface area contributed by atoms with Gasteiger partial charge in [0, 0.05) is 28.9 Å². The van der Waals surface area contributed by atoms with Crippen LogP contribution in [-0.2, 0) is 27.7 Å². The van der Waals surface area contributed by atoms with Crippen molar-refractivity contribution in [3.63, 3.8) is 0 Å². The van der Waals surface area contributed by atoms with Crippen molar-refractivity contribution < 1.29 is 17.6 Å². The molecule has 1 aromatic carbocycles. The monoisotopic (exact) mass is 410 g/mol. The van der Waals surface area contributed by atoms with Crippen molar-refractivity contribution in [2.45, 2.75) is 37.8 Å². The average Bonchev–Trinajstić information content (AvgIpc) is 3.22. The number of anilines is 1. The molecule has 5 nitrogen and oxygen atoms in total. The summed E-state index contributed by atoms with van der Waals surface area (Å²) in [5.74, 6) is -0.408. The third kappa shape index (κ3) is 4.01. The van der Waals surface area contributed by atoms with E-state index in [4.69, 9.17) is 0 Å². The van der Waals surface area contributed by atoms with Crippen LogP contribution in [0.15, 0.2) is 34.5 Å². The molecular weight excluding hydrogens is 387 g/mol. The summed E-state index contributed by atoms with van der Waals surface area (Å²) in [5.41, 5.74) is 0.410. The molecule has 0 atom stereocenters. The average molecular weight is 411 g/mol. The van der Waals surface area contributed by atoms with Gasteiger partial charge in [0.25, 0.3) is 10.0 Å². The Labute approximate surface area is 163 Å². The number of carbonyl (C=O) groups excluding carboxylic acids is 1. The van der Waals surface area contributed by atoms with E-state index in [2.05, 4.69) is 5.32 Å². The largest absolute Gasteiger partial charge is 0.355 e. The normalized spacial score (nSPS) is 14.3. The van der Waals surface area contributed by atoms with Crippen LogP contribution in [0.1, 0.15) is 31.2 Å². The van der Waals surface area contributed by atoms with Gasteiger partial charge in [-0.1, -0.05) is 26.8 Å². The third-order valence-electron chi connectivity index (χ3n) is 4.45. The summed E-state index contributed by atoms with van der Waals surface area (Å²) in [7, 11) is -3.71. The van der Waals surface area contributed by atoms with Gasteiger partial charge in [0.15, 0.2) is 0 Å². The number of rotatable bonds is 5. The lowest BCUT2D eigenvalue weighted by molar-refractivity contribution is -0.128. The molecule has 0 unspecified atom stereocenters. The second kappa shape index (κ2) is 7.24. The van der Waals surface area contributed by atoms with E-state index in [0.717, 1.165) is 4.88 Å².